The molecule has 0 spiro atoms. The Kier molecular flexibility index (Phi) is 4.44. The molecule has 1 aliphatic rings. The molecule has 1 aromatic rings. The first-order chi connectivity index (χ1) is 8.63. The van der Waals surface area contributed by atoms with Gasteiger partial charge in [0.25, 0.3) is 0 Å². The lowest BCUT2D eigenvalue weighted by Gasteiger charge is -2.36. The molecule has 3 nitrogen and oxygen atoms in total. The maximum absolute atomic E-state index is 5.84. The van der Waals surface area contributed by atoms with Crippen molar-refractivity contribution in [1.82, 2.24) is 9.97 Å². The van der Waals surface area contributed by atoms with E-state index in [0.29, 0.717) is 11.9 Å². The third-order valence-corrected chi connectivity index (χ3v) is 4.38. The maximum atomic E-state index is 5.84. The average molecular weight is 268 g/mol. The van der Waals surface area contributed by atoms with Crippen molar-refractivity contribution in [3.05, 3.63) is 17.5 Å². The molecule has 0 aromatic carbocycles. The van der Waals surface area contributed by atoms with Gasteiger partial charge in [-0.05, 0) is 25.7 Å². The quantitative estimate of drug-likeness (QED) is 0.785. The summed E-state index contributed by atoms with van der Waals surface area (Å²) in [5.41, 5.74) is 2.01. The molecule has 4 heteroatoms. The molecule has 1 aromatic heterocycles. The van der Waals surface area contributed by atoms with Crippen LogP contribution in [0.4, 0.5) is 5.95 Å². The van der Waals surface area contributed by atoms with Crippen molar-refractivity contribution < 1.29 is 0 Å². The summed E-state index contributed by atoms with van der Waals surface area (Å²) in [5, 5.41) is 0. The number of anilines is 1. The van der Waals surface area contributed by atoms with Crippen LogP contribution in [0.3, 0.4) is 0 Å². The molecule has 0 radical (unpaired) electrons. The number of alkyl halides is 1. The number of hydrogen-bond donors (Lipinski definition) is 0. The monoisotopic (exact) mass is 267 g/mol. The summed E-state index contributed by atoms with van der Waals surface area (Å²) in [7, 11) is 2.11. The van der Waals surface area contributed by atoms with Gasteiger partial charge in [0.15, 0.2) is 0 Å². The van der Waals surface area contributed by atoms with Crippen LogP contribution in [0.5, 0.6) is 0 Å². The molecular formula is C14H22ClN3. The van der Waals surface area contributed by atoms with Crippen LogP contribution in [0.2, 0.25) is 0 Å². The van der Waals surface area contributed by atoms with Crippen molar-refractivity contribution in [3.63, 3.8) is 0 Å². The average Bonchev–Trinajstić information content (AvgIpc) is 2.38. The maximum Gasteiger partial charge on any atom is 0.225 e. The minimum Gasteiger partial charge on any atom is -0.341 e. The zero-order valence-corrected chi connectivity index (χ0v) is 12.2. The van der Waals surface area contributed by atoms with E-state index >= 15 is 0 Å². The molecular weight excluding hydrogens is 246 g/mol. The molecule has 0 bridgehead atoms. The molecule has 2 rings (SSSR count). The Bertz CT molecular complexity index is 408. The van der Waals surface area contributed by atoms with E-state index in [1.807, 2.05) is 13.1 Å². The Morgan fingerprint density at radius 3 is 2.72 bits per heavy atom. The third-order valence-electron chi connectivity index (χ3n) is 4.09. The zero-order valence-electron chi connectivity index (χ0n) is 11.5. The van der Waals surface area contributed by atoms with E-state index < -0.39 is 0 Å². The number of rotatable bonds is 3. The van der Waals surface area contributed by atoms with Crippen molar-refractivity contribution in [2.75, 3.05) is 11.9 Å². The van der Waals surface area contributed by atoms with E-state index in [0.717, 1.165) is 23.1 Å². The second kappa shape index (κ2) is 5.87. The van der Waals surface area contributed by atoms with Gasteiger partial charge in [-0.15, -0.1) is 11.6 Å². The standard InChI is InChI=1S/C14H22ClN3/c1-10-6-4-5-7-13(10)18(3)14-16-9-12(8-15)11(2)17-14/h9-10,13H,4-8H2,1-3H3. The highest BCUT2D eigenvalue weighted by Crippen LogP contribution is 2.29. The molecule has 1 aliphatic carbocycles. The van der Waals surface area contributed by atoms with Crippen LogP contribution in [0.15, 0.2) is 6.20 Å². The lowest BCUT2D eigenvalue weighted by atomic mass is 9.85. The number of aromatic nitrogens is 2. The number of nitrogens with zero attached hydrogens (tertiary/aromatic N) is 3. The Hall–Kier alpha value is -0.830. The van der Waals surface area contributed by atoms with Gasteiger partial charge < -0.3 is 4.90 Å². The van der Waals surface area contributed by atoms with Crippen LogP contribution >= 0.6 is 11.6 Å². The van der Waals surface area contributed by atoms with Crippen LogP contribution in [0.25, 0.3) is 0 Å². The van der Waals surface area contributed by atoms with Crippen LogP contribution in [-0.4, -0.2) is 23.1 Å². The minimum atomic E-state index is 0.482. The summed E-state index contributed by atoms with van der Waals surface area (Å²) in [6.07, 6.45) is 7.09. The fraction of sp³-hybridized carbons (Fsp3) is 0.714. The van der Waals surface area contributed by atoms with E-state index in [4.69, 9.17) is 11.6 Å². The number of hydrogen-bond acceptors (Lipinski definition) is 3. The van der Waals surface area contributed by atoms with Gasteiger partial charge in [-0.1, -0.05) is 19.8 Å². The van der Waals surface area contributed by atoms with Gasteiger partial charge >= 0.3 is 0 Å². The molecule has 2 unspecified atom stereocenters. The Morgan fingerprint density at radius 2 is 2.11 bits per heavy atom. The van der Waals surface area contributed by atoms with Crippen molar-refractivity contribution in [2.45, 2.75) is 51.5 Å². The van der Waals surface area contributed by atoms with Gasteiger partial charge in [-0.25, -0.2) is 9.97 Å². The first-order valence-electron chi connectivity index (χ1n) is 6.74. The summed E-state index contributed by atoms with van der Waals surface area (Å²) in [6.45, 7) is 4.33. The molecule has 0 aliphatic heterocycles. The van der Waals surface area contributed by atoms with Gasteiger partial charge in [0.2, 0.25) is 5.95 Å². The fourth-order valence-corrected chi connectivity index (χ4v) is 3.06. The third kappa shape index (κ3) is 2.77. The molecule has 0 N–H and O–H groups in total. The topological polar surface area (TPSA) is 29.0 Å². The molecule has 18 heavy (non-hydrogen) atoms. The van der Waals surface area contributed by atoms with E-state index in [2.05, 4.69) is 28.8 Å². The van der Waals surface area contributed by atoms with Gasteiger partial charge in [-0.2, -0.15) is 0 Å². The van der Waals surface area contributed by atoms with Gasteiger partial charge in [-0.3, -0.25) is 0 Å². The van der Waals surface area contributed by atoms with E-state index in [9.17, 15) is 0 Å². The molecule has 100 valence electrons. The van der Waals surface area contributed by atoms with E-state index in [1.165, 1.54) is 25.7 Å². The summed E-state index contributed by atoms with van der Waals surface area (Å²) < 4.78 is 0. The Balaban J connectivity index is 2.17. The smallest absolute Gasteiger partial charge is 0.225 e. The van der Waals surface area contributed by atoms with Crippen molar-refractivity contribution in [1.29, 1.82) is 0 Å². The number of aryl methyl sites for hydroxylation is 1. The predicted molar refractivity (Wildman–Crippen MR) is 76.1 cm³/mol. The first-order valence-corrected chi connectivity index (χ1v) is 7.28. The highest BCUT2D eigenvalue weighted by atomic mass is 35.5. The van der Waals surface area contributed by atoms with Gasteiger partial charge in [0.05, 0.1) is 5.88 Å². The summed E-state index contributed by atoms with van der Waals surface area (Å²) in [4.78, 5) is 11.3. The second-order valence-corrected chi connectivity index (χ2v) is 5.62. The minimum absolute atomic E-state index is 0.482. The first kappa shape index (κ1) is 13.6. The highest BCUT2D eigenvalue weighted by Gasteiger charge is 2.26. The molecule has 1 saturated carbocycles. The Morgan fingerprint density at radius 1 is 1.39 bits per heavy atom. The zero-order chi connectivity index (χ0) is 13.1. The summed E-state index contributed by atoms with van der Waals surface area (Å²) in [5.74, 6) is 2.04. The van der Waals surface area contributed by atoms with Crippen molar-refractivity contribution in [3.8, 4) is 0 Å². The van der Waals surface area contributed by atoms with Crippen LogP contribution in [-0.2, 0) is 5.88 Å². The lowest BCUT2D eigenvalue weighted by molar-refractivity contribution is 0.319. The van der Waals surface area contributed by atoms with Gasteiger partial charge in [0, 0.05) is 30.5 Å². The summed E-state index contributed by atoms with van der Waals surface area (Å²) in [6, 6.07) is 0.569. The van der Waals surface area contributed by atoms with Crippen molar-refractivity contribution in [2.24, 2.45) is 5.92 Å². The van der Waals surface area contributed by atoms with Crippen LogP contribution < -0.4 is 4.90 Å². The molecule has 0 amide bonds. The highest BCUT2D eigenvalue weighted by molar-refractivity contribution is 6.17. The van der Waals surface area contributed by atoms with Crippen LogP contribution in [0, 0.1) is 12.8 Å². The molecule has 1 fully saturated rings. The van der Waals surface area contributed by atoms with Crippen molar-refractivity contribution >= 4 is 17.5 Å². The molecule has 0 saturated heterocycles. The largest absolute Gasteiger partial charge is 0.341 e. The van der Waals surface area contributed by atoms with Crippen LogP contribution in [0.1, 0.15) is 43.9 Å². The lowest BCUT2D eigenvalue weighted by Crippen LogP contribution is -2.40. The number of halogens is 1. The normalized spacial score (nSPS) is 24.0. The molecule has 1 heterocycles. The van der Waals surface area contributed by atoms with Gasteiger partial charge in [0.1, 0.15) is 0 Å². The van der Waals surface area contributed by atoms with E-state index in [-0.39, 0.29) is 0 Å². The van der Waals surface area contributed by atoms with E-state index in [1.54, 1.807) is 0 Å². The summed E-state index contributed by atoms with van der Waals surface area (Å²) >= 11 is 5.84. The second-order valence-electron chi connectivity index (χ2n) is 5.35. The fourth-order valence-electron chi connectivity index (χ4n) is 2.80. The predicted octanol–water partition coefficient (Wildman–Crippen LogP) is 3.54. The Labute approximate surface area is 115 Å². The SMILES string of the molecule is Cc1nc(N(C)C2CCCCC2C)ncc1CCl. The molecule has 2 atom stereocenters.